The van der Waals surface area contributed by atoms with Crippen LogP contribution in [0, 0.1) is 0 Å². The zero-order chi connectivity index (χ0) is 22.7. The average Bonchev–Trinajstić information content (AvgIpc) is 3.40. The lowest BCUT2D eigenvalue weighted by Gasteiger charge is -2.25. The zero-order valence-corrected chi connectivity index (χ0v) is 19.7. The highest BCUT2D eigenvalue weighted by Gasteiger charge is 2.31. The fraction of sp³-hybridized carbons (Fsp3) is 0.632. The molecule has 0 bridgehead atoms. The molecule has 1 aliphatic rings. The van der Waals surface area contributed by atoms with Crippen molar-refractivity contribution < 1.29 is 26.4 Å². The zero-order valence-electron chi connectivity index (χ0n) is 18.1. The van der Waals surface area contributed by atoms with E-state index in [1.165, 1.54) is 24.3 Å². The van der Waals surface area contributed by atoms with E-state index in [0.717, 1.165) is 17.1 Å². The maximum atomic E-state index is 13.1. The minimum Gasteiger partial charge on any atom is -0.459 e. The van der Waals surface area contributed by atoms with Crippen molar-refractivity contribution in [2.24, 2.45) is 0 Å². The van der Waals surface area contributed by atoms with Crippen LogP contribution in [0.3, 0.4) is 0 Å². The Bertz CT molecular complexity index is 947. The van der Waals surface area contributed by atoms with Gasteiger partial charge in [0.2, 0.25) is 20.0 Å². The Balaban J connectivity index is 2.24. The number of carbonyl (C=O) groups excluding carboxylic acids is 1. The van der Waals surface area contributed by atoms with E-state index in [1.807, 2.05) is 0 Å². The van der Waals surface area contributed by atoms with Gasteiger partial charge in [0.1, 0.15) is 12.1 Å². The van der Waals surface area contributed by atoms with Gasteiger partial charge in [-0.25, -0.2) is 21.6 Å². The van der Waals surface area contributed by atoms with Crippen LogP contribution in [0.2, 0.25) is 0 Å². The fourth-order valence-electron chi connectivity index (χ4n) is 2.54. The summed E-state index contributed by atoms with van der Waals surface area (Å²) in [6.07, 6.45) is 1.61. The molecular weight excluding hydrogens is 430 g/mol. The van der Waals surface area contributed by atoms with Crippen molar-refractivity contribution in [2.45, 2.75) is 55.0 Å². The number of sulfonamides is 2. The van der Waals surface area contributed by atoms with E-state index >= 15 is 0 Å². The van der Waals surface area contributed by atoms with Gasteiger partial charge in [0.05, 0.1) is 9.79 Å². The third-order valence-electron chi connectivity index (χ3n) is 4.19. The van der Waals surface area contributed by atoms with E-state index in [1.54, 1.807) is 39.8 Å². The maximum absolute atomic E-state index is 13.1. The lowest BCUT2D eigenvalue weighted by Crippen LogP contribution is -2.41. The first-order chi connectivity index (χ1) is 13.7. The molecule has 0 aliphatic heterocycles. The average molecular weight is 462 g/mol. The highest BCUT2D eigenvalue weighted by atomic mass is 32.2. The second kappa shape index (κ2) is 9.31. The monoisotopic (exact) mass is 461 g/mol. The highest BCUT2D eigenvalue weighted by Crippen LogP contribution is 2.23. The summed E-state index contributed by atoms with van der Waals surface area (Å²) in [5.41, 5.74) is -0.737. The van der Waals surface area contributed by atoms with Crippen LogP contribution in [0.4, 0.5) is 0 Å². The van der Waals surface area contributed by atoms with Crippen LogP contribution in [0.15, 0.2) is 34.1 Å². The van der Waals surface area contributed by atoms with Gasteiger partial charge in [0.25, 0.3) is 0 Å². The molecule has 1 aliphatic carbocycles. The third-order valence-corrected chi connectivity index (χ3v) is 7.59. The molecule has 0 heterocycles. The molecule has 1 aromatic rings. The van der Waals surface area contributed by atoms with Gasteiger partial charge in [0, 0.05) is 19.1 Å². The van der Waals surface area contributed by atoms with Gasteiger partial charge in [-0.2, -0.15) is 4.31 Å². The van der Waals surface area contributed by atoms with E-state index in [9.17, 15) is 21.6 Å². The topological polar surface area (TPSA) is 113 Å². The van der Waals surface area contributed by atoms with Gasteiger partial charge in [0.15, 0.2) is 0 Å². The Morgan fingerprint density at radius 3 is 2.03 bits per heavy atom. The van der Waals surface area contributed by atoms with E-state index in [0.29, 0.717) is 6.54 Å². The van der Waals surface area contributed by atoms with E-state index in [4.69, 9.17) is 4.74 Å². The number of hydrogen-bond donors (Lipinski definition) is 1. The van der Waals surface area contributed by atoms with Crippen LogP contribution in [-0.2, 0) is 29.6 Å². The van der Waals surface area contributed by atoms with Crippen molar-refractivity contribution in [3.63, 3.8) is 0 Å². The summed E-state index contributed by atoms with van der Waals surface area (Å²) in [6.45, 7) is 5.17. The quantitative estimate of drug-likeness (QED) is 0.518. The predicted octanol–water partition coefficient (Wildman–Crippen LogP) is 1.02. The molecule has 9 nitrogen and oxygen atoms in total. The Morgan fingerprint density at radius 1 is 1.03 bits per heavy atom. The number of hydrogen-bond acceptors (Lipinski definition) is 7. The summed E-state index contributed by atoms with van der Waals surface area (Å²) >= 11 is 0. The fourth-order valence-corrected chi connectivity index (χ4v) is 5.22. The molecular formula is C19H31N3O6S2. The van der Waals surface area contributed by atoms with Crippen molar-refractivity contribution >= 4 is 26.0 Å². The standard InChI is InChI=1S/C19H31N3O6S2/c1-19(2,3)28-18(23)14-22(13-12-21(4)5)30(26,27)17-10-8-16(9-11-17)29(24,25)20-15-6-7-15/h8-11,15,20H,6-7,12-14H2,1-5H3. The van der Waals surface area contributed by atoms with Crippen LogP contribution < -0.4 is 4.72 Å². The molecule has 0 aromatic heterocycles. The third kappa shape index (κ3) is 7.31. The van der Waals surface area contributed by atoms with Gasteiger partial charge in [-0.15, -0.1) is 0 Å². The molecule has 0 amide bonds. The number of likely N-dealkylation sites (N-methyl/N-ethyl adjacent to an activating group) is 1. The molecule has 30 heavy (non-hydrogen) atoms. The largest absolute Gasteiger partial charge is 0.459 e. The molecule has 0 saturated heterocycles. The van der Waals surface area contributed by atoms with Gasteiger partial charge < -0.3 is 9.64 Å². The normalized spacial score (nSPS) is 15.6. The first-order valence-corrected chi connectivity index (χ1v) is 12.6. The molecule has 1 aromatic carbocycles. The lowest BCUT2D eigenvalue weighted by atomic mass is 10.2. The number of benzene rings is 1. The Kier molecular flexibility index (Phi) is 7.68. The summed E-state index contributed by atoms with van der Waals surface area (Å²) in [5, 5.41) is 0. The molecule has 1 N–H and O–H groups in total. The molecule has 11 heteroatoms. The Labute approximate surface area is 179 Å². The molecule has 2 rings (SSSR count). The number of nitrogens with one attached hydrogen (secondary N) is 1. The first kappa shape index (κ1) is 24.7. The number of carbonyl (C=O) groups is 1. The Hall–Kier alpha value is -1.53. The maximum Gasteiger partial charge on any atom is 0.321 e. The SMILES string of the molecule is CN(C)CCN(CC(=O)OC(C)(C)C)S(=O)(=O)c1ccc(S(=O)(=O)NC2CC2)cc1. The van der Waals surface area contributed by atoms with Crippen molar-refractivity contribution in [2.75, 3.05) is 33.7 Å². The minimum absolute atomic E-state index is 0.000309. The van der Waals surface area contributed by atoms with Gasteiger partial charge in [-0.3, -0.25) is 4.79 Å². The van der Waals surface area contributed by atoms with Gasteiger partial charge in [-0.05, 0) is 72.0 Å². The second-order valence-electron chi connectivity index (χ2n) is 8.60. The van der Waals surface area contributed by atoms with Crippen molar-refractivity contribution in [1.82, 2.24) is 13.9 Å². The molecule has 1 fully saturated rings. The van der Waals surface area contributed by atoms with Gasteiger partial charge >= 0.3 is 5.97 Å². The van der Waals surface area contributed by atoms with E-state index in [-0.39, 0.29) is 22.4 Å². The Morgan fingerprint density at radius 2 is 1.57 bits per heavy atom. The van der Waals surface area contributed by atoms with E-state index < -0.39 is 38.2 Å². The smallest absolute Gasteiger partial charge is 0.321 e. The molecule has 0 radical (unpaired) electrons. The summed E-state index contributed by atoms with van der Waals surface area (Å²) in [4.78, 5) is 14.0. The van der Waals surface area contributed by atoms with Crippen LogP contribution >= 0.6 is 0 Å². The number of esters is 1. The molecule has 0 unspecified atom stereocenters. The van der Waals surface area contributed by atoms with Crippen molar-refractivity contribution in [3.05, 3.63) is 24.3 Å². The number of ether oxygens (including phenoxy) is 1. The van der Waals surface area contributed by atoms with Gasteiger partial charge in [-0.1, -0.05) is 0 Å². The van der Waals surface area contributed by atoms with Crippen molar-refractivity contribution in [3.8, 4) is 0 Å². The first-order valence-electron chi connectivity index (χ1n) is 9.70. The van der Waals surface area contributed by atoms with E-state index in [2.05, 4.69) is 4.72 Å². The summed E-state index contributed by atoms with van der Waals surface area (Å²) in [5.74, 6) is -0.655. The number of rotatable bonds is 10. The molecule has 0 spiro atoms. The van der Waals surface area contributed by atoms with Crippen LogP contribution in [0.5, 0.6) is 0 Å². The molecule has 170 valence electrons. The lowest BCUT2D eigenvalue weighted by molar-refractivity contribution is -0.155. The second-order valence-corrected chi connectivity index (χ2v) is 12.2. The molecule has 1 saturated carbocycles. The molecule has 0 atom stereocenters. The summed E-state index contributed by atoms with van der Waals surface area (Å²) in [6, 6.07) is 4.96. The van der Waals surface area contributed by atoms with Crippen LogP contribution in [0.1, 0.15) is 33.6 Å². The summed E-state index contributed by atoms with van der Waals surface area (Å²) < 4.78 is 59.7. The number of nitrogens with zero attached hydrogens (tertiary/aromatic N) is 2. The minimum atomic E-state index is -4.03. The highest BCUT2D eigenvalue weighted by molar-refractivity contribution is 7.89. The van der Waals surface area contributed by atoms with Crippen LogP contribution in [0.25, 0.3) is 0 Å². The predicted molar refractivity (Wildman–Crippen MR) is 113 cm³/mol. The van der Waals surface area contributed by atoms with Crippen LogP contribution in [-0.4, -0.2) is 77.4 Å². The summed E-state index contributed by atoms with van der Waals surface area (Å²) in [7, 11) is -4.12. The van der Waals surface area contributed by atoms with Crippen molar-refractivity contribution in [1.29, 1.82) is 0 Å².